The molecule has 262 valence electrons. The number of nitrogens with one attached hydrogen (secondary N) is 4. The van der Waals surface area contributed by atoms with Crippen molar-refractivity contribution < 1.29 is 19.2 Å². The summed E-state index contributed by atoms with van der Waals surface area (Å²) in [7, 11) is 0. The molecule has 4 amide bonds. The van der Waals surface area contributed by atoms with Crippen LogP contribution in [0.15, 0.2) is 120 Å². The summed E-state index contributed by atoms with van der Waals surface area (Å²) >= 11 is 2.31. The molecule has 0 spiro atoms. The highest BCUT2D eigenvalue weighted by Gasteiger charge is 2.24. The van der Waals surface area contributed by atoms with E-state index in [2.05, 4.69) is 41.2 Å². The third-order valence-electron chi connectivity index (χ3n) is 7.95. The molecule has 1 unspecified atom stereocenters. The number of thiophene rings is 1. The Labute approximate surface area is 311 Å². The van der Waals surface area contributed by atoms with Gasteiger partial charge in [0.1, 0.15) is 16.8 Å². The van der Waals surface area contributed by atoms with Crippen molar-refractivity contribution >= 4 is 69.2 Å². The fourth-order valence-electron chi connectivity index (χ4n) is 5.07. The summed E-state index contributed by atoms with van der Waals surface area (Å²) < 4.78 is 0. The van der Waals surface area contributed by atoms with Gasteiger partial charge in [-0.2, -0.15) is 5.26 Å². The van der Waals surface area contributed by atoms with Crippen molar-refractivity contribution in [3.63, 3.8) is 0 Å². The Kier molecular flexibility index (Phi) is 12.4. The van der Waals surface area contributed by atoms with E-state index in [1.54, 1.807) is 86.7 Å². The van der Waals surface area contributed by atoms with Crippen LogP contribution in [0.2, 0.25) is 0 Å². The molecular formula is C41H37N5O4S2. The Balaban J connectivity index is 1.28. The van der Waals surface area contributed by atoms with E-state index in [1.165, 1.54) is 11.8 Å². The van der Waals surface area contributed by atoms with Gasteiger partial charge in [0.05, 0.1) is 15.7 Å². The largest absolute Gasteiger partial charge is 0.321 e. The summed E-state index contributed by atoms with van der Waals surface area (Å²) in [6.07, 6.45) is 1.63. The van der Waals surface area contributed by atoms with Crippen LogP contribution in [0, 0.1) is 18.3 Å². The van der Waals surface area contributed by atoms with Gasteiger partial charge in [0.25, 0.3) is 17.7 Å². The molecule has 9 nitrogen and oxygen atoms in total. The van der Waals surface area contributed by atoms with Gasteiger partial charge in [0.15, 0.2) is 0 Å². The van der Waals surface area contributed by atoms with Crippen LogP contribution in [-0.4, -0.2) is 28.9 Å². The van der Waals surface area contributed by atoms with Crippen LogP contribution in [0.25, 0.3) is 6.08 Å². The number of amides is 4. The van der Waals surface area contributed by atoms with E-state index in [1.807, 2.05) is 42.5 Å². The van der Waals surface area contributed by atoms with Crippen LogP contribution >= 0.6 is 23.1 Å². The summed E-state index contributed by atoms with van der Waals surface area (Å²) in [5.74, 6) is -1.32. The lowest BCUT2D eigenvalue weighted by Crippen LogP contribution is -2.30. The molecule has 5 rings (SSSR count). The number of anilines is 3. The average Bonchev–Trinajstić information content (AvgIpc) is 3.46. The van der Waals surface area contributed by atoms with E-state index in [-0.39, 0.29) is 23.1 Å². The molecule has 0 aliphatic rings. The first-order chi connectivity index (χ1) is 25.0. The second-order valence-electron chi connectivity index (χ2n) is 12.1. The fourth-order valence-corrected chi connectivity index (χ4v) is 7.05. The molecule has 0 bridgehead atoms. The summed E-state index contributed by atoms with van der Waals surface area (Å²) in [6, 6.07) is 34.6. The minimum absolute atomic E-state index is 0.0632. The highest BCUT2D eigenvalue weighted by atomic mass is 32.2. The standard InChI is InChI=1S/C41H37N5O4S2/c1-25(2)29-20-18-28(19-21-29)22-35(45-38(48)30-12-7-5-8-13-30)39(49)44-32-16-11-17-33(23-32)51-27(4)37(47)46-41-34(24-42)26(3)36(52-41)40(50)43-31-14-9-6-10-15-31/h5-23,25,27H,1-4H3,(H,43,50)(H,44,49)(H,45,48)(H,46,47)/b35-22+. The monoisotopic (exact) mass is 727 g/mol. The van der Waals surface area contributed by atoms with Gasteiger partial charge in [-0.1, -0.05) is 80.6 Å². The van der Waals surface area contributed by atoms with Crippen LogP contribution in [0.3, 0.4) is 0 Å². The van der Waals surface area contributed by atoms with Gasteiger partial charge in [-0.3, -0.25) is 19.2 Å². The molecule has 0 saturated carbocycles. The van der Waals surface area contributed by atoms with Gasteiger partial charge in [0.2, 0.25) is 5.91 Å². The maximum absolute atomic E-state index is 13.6. The Morgan fingerprint density at radius 3 is 2.08 bits per heavy atom. The molecule has 0 aliphatic heterocycles. The number of carbonyl (C=O) groups excluding carboxylic acids is 4. The fraction of sp³-hybridized carbons (Fsp3) is 0.146. The topological polar surface area (TPSA) is 140 Å². The van der Waals surface area contributed by atoms with Crippen LogP contribution in [0.5, 0.6) is 0 Å². The molecular weight excluding hydrogens is 691 g/mol. The van der Waals surface area contributed by atoms with E-state index in [4.69, 9.17) is 0 Å². The van der Waals surface area contributed by atoms with Gasteiger partial charge >= 0.3 is 0 Å². The van der Waals surface area contributed by atoms with Crippen LogP contribution in [-0.2, 0) is 9.59 Å². The molecule has 0 saturated heterocycles. The molecule has 0 radical (unpaired) electrons. The molecule has 0 fully saturated rings. The quantitative estimate of drug-likeness (QED) is 0.0748. The predicted octanol–water partition coefficient (Wildman–Crippen LogP) is 8.83. The average molecular weight is 728 g/mol. The Bertz CT molecular complexity index is 2160. The number of carbonyl (C=O) groups is 4. The lowest BCUT2D eigenvalue weighted by molar-refractivity contribution is -0.115. The summed E-state index contributed by atoms with van der Waals surface area (Å²) in [5.41, 5.74) is 4.18. The van der Waals surface area contributed by atoms with E-state index in [0.717, 1.165) is 22.5 Å². The summed E-state index contributed by atoms with van der Waals surface area (Å²) in [4.78, 5) is 54.0. The molecule has 1 atom stereocenters. The van der Waals surface area contributed by atoms with E-state index < -0.39 is 17.1 Å². The third kappa shape index (κ3) is 9.63. The van der Waals surface area contributed by atoms with Crippen molar-refractivity contribution in [2.24, 2.45) is 0 Å². The molecule has 1 heterocycles. The molecule has 4 N–H and O–H groups in total. The first-order valence-electron chi connectivity index (χ1n) is 16.5. The van der Waals surface area contributed by atoms with Crippen LogP contribution in [0.4, 0.5) is 16.4 Å². The second kappa shape index (κ2) is 17.3. The predicted molar refractivity (Wildman–Crippen MR) is 210 cm³/mol. The van der Waals surface area contributed by atoms with E-state index >= 15 is 0 Å². The minimum atomic E-state index is -0.601. The Morgan fingerprint density at radius 1 is 0.769 bits per heavy atom. The number of rotatable bonds is 12. The second-order valence-corrected chi connectivity index (χ2v) is 14.6. The number of thioether (sulfide) groups is 1. The number of nitrogens with zero attached hydrogens (tertiary/aromatic N) is 1. The van der Waals surface area contributed by atoms with Crippen LogP contribution in [0.1, 0.15) is 69.0 Å². The van der Waals surface area contributed by atoms with Gasteiger partial charge in [-0.05, 0) is 85.0 Å². The summed E-state index contributed by atoms with van der Waals surface area (Å²) in [5, 5.41) is 20.8. The molecule has 1 aromatic heterocycles. The summed E-state index contributed by atoms with van der Waals surface area (Å²) in [6.45, 7) is 7.61. The first kappa shape index (κ1) is 37.3. The third-order valence-corrected chi connectivity index (χ3v) is 10.2. The number of para-hydroxylation sites is 1. The van der Waals surface area contributed by atoms with Crippen LogP contribution < -0.4 is 21.3 Å². The molecule has 11 heteroatoms. The Hall–Kier alpha value is -5.96. The normalized spacial score (nSPS) is 11.7. The molecule has 52 heavy (non-hydrogen) atoms. The van der Waals surface area contributed by atoms with E-state index in [9.17, 15) is 24.4 Å². The van der Waals surface area contributed by atoms with Gasteiger partial charge in [0, 0.05) is 21.8 Å². The molecule has 0 aliphatic carbocycles. The molecule has 4 aromatic carbocycles. The smallest absolute Gasteiger partial charge is 0.272 e. The number of hydrogen-bond acceptors (Lipinski definition) is 7. The zero-order valence-electron chi connectivity index (χ0n) is 29.0. The van der Waals surface area contributed by atoms with Crippen molar-refractivity contribution in [3.05, 3.63) is 148 Å². The first-order valence-corrected chi connectivity index (χ1v) is 18.2. The number of hydrogen-bond donors (Lipinski definition) is 4. The van der Waals surface area contributed by atoms with Crippen molar-refractivity contribution in [2.75, 3.05) is 16.0 Å². The molecule has 5 aromatic rings. The minimum Gasteiger partial charge on any atom is -0.321 e. The lowest BCUT2D eigenvalue weighted by atomic mass is 10.0. The zero-order chi connectivity index (χ0) is 37.2. The Morgan fingerprint density at radius 2 is 1.42 bits per heavy atom. The van der Waals surface area contributed by atoms with Crippen molar-refractivity contribution in [3.8, 4) is 6.07 Å². The highest BCUT2D eigenvalue weighted by Crippen LogP contribution is 2.34. The zero-order valence-corrected chi connectivity index (χ0v) is 30.7. The number of nitriles is 1. The lowest BCUT2D eigenvalue weighted by Gasteiger charge is -2.14. The van der Waals surface area contributed by atoms with E-state index in [0.29, 0.717) is 43.2 Å². The van der Waals surface area contributed by atoms with Gasteiger partial charge in [-0.15, -0.1) is 23.1 Å². The maximum Gasteiger partial charge on any atom is 0.272 e. The van der Waals surface area contributed by atoms with Gasteiger partial charge in [-0.25, -0.2) is 0 Å². The highest BCUT2D eigenvalue weighted by molar-refractivity contribution is 8.00. The van der Waals surface area contributed by atoms with Crippen molar-refractivity contribution in [2.45, 2.75) is 43.8 Å². The SMILES string of the molecule is Cc1c(C(=O)Nc2ccccc2)sc(NC(=O)C(C)Sc2cccc(NC(=O)/C(=C\c3ccc(C(C)C)cc3)NC(=O)c3ccccc3)c2)c1C#N. The maximum atomic E-state index is 13.6. The van der Waals surface area contributed by atoms with Crippen molar-refractivity contribution in [1.82, 2.24) is 5.32 Å². The van der Waals surface area contributed by atoms with Crippen molar-refractivity contribution in [1.29, 1.82) is 5.26 Å². The van der Waals surface area contributed by atoms with Gasteiger partial charge < -0.3 is 21.3 Å². The number of benzene rings is 4.